The predicted octanol–water partition coefficient (Wildman–Crippen LogP) is 3.42. The van der Waals surface area contributed by atoms with E-state index < -0.39 is 5.63 Å². The first-order chi connectivity index (χ1) is 12.6. The molecule has 0 atom stereocenters. The van der Waals surface area contributed by atoms with Crippen LogP contribution in [0.4, 0.5) is 0 Å². The van der Waals surface area contributed by atoms with Gasteiger partial charge in [-0.2, -0.15) is 4.68 Å². The highest BCUT2D eigenvalue weighted by Crippen LogP contribution is 2.28. The molecular formula is C17H11ClN4O3S. The van der Waals surface area contributed by atoms with E-state index in [1.165, 1.54) is 23.9 Å². The molecule has 1 N–H and O–H groups in total. The summed E-state index contributed by atoms with van der Waals surface area (Å²) in [4.78, 5) is 11.8. The Morgan fingerprint density at radius 1 is 1.15 bits per heavy atom. The summed E-state index contributed by atoms with van der Waals surface area (Å²) in [7, 11) is 0. The zero-order valence-electron chi connectivity index (χ0n) is 13.2. The second-order valence-corrected chi connectivity index (χ2v) is 6.79. The number of thioether (sulfide) groups is 1. The number of aromatic hydroxyl groups is 1. The van der Waals surface area contributed by atoms with Gasteiger partial charge in [0.1, 0.15) is 11.3 Å². The zero-order chi connectivity index (χ0) is 18.1. The summed E-state index contributed by atoms with van der Waals surface area (Å²) in [5.74, 6) is 0.498. The van der Waals surface area contributed by atoms with Gasteiger partial charge in [0.2, 0.25) is 5.16 Å². The Morgan fingerprint density at radius 2 is 1.96 bits per heavy atom. The van der Waals surface area contributed by atoms with Crippen molar-refractivity contribution in [2.75, 3.05) is 0 Å². The molecule has 0 spiro atoms. The Morgan fingerprint density at radius 3 is 2.77 bits per heavy atom. The lowest BCUT2D eigenvalue weighted by molar-refractivity contribution is 0.473. The van der Waals surface area contributed by atoms with Crippen molar-refractivity contribution < 1.29 is 9.52 Å². The lowest BCUT2D eigenvalue weighted by atomic mass is 10.1. The molecule has 0 unspecified atom stereocenters. The second kappa shape index (κ2) is 6.81. The minimum atomic E-state index is -0.476. The van der Waals surface area contributed by atoms with Crippen molar-refractivity contribution in [3.63, 3.8) is 0 Å². The lowest BCUT2D eigenvalue weighted by Gasteiger charge is -2.06. The SMILES string of the molecule is O=c1cc(CSc2nnnn2-c2ccc(Cl)cc2)c2ccc(O)cc2o1. The molecule has 130 valence electrons. The van der Waals surface area contributed by atoms with Gasteiger partial charge in [-0.05, 0) is 52.4 Å². The van der Waals surface area contributed by atoms with Crippen LogP contribution in [-0.4, -0.2) is 25.3 Å². The predicted molar refractivity (Wildman–Crippen MR) is 97.9 cm³/mol. The van der Waals surface area contributed by atoms with Crippen LogP contribution >= 0.6 is 23.4 Å². The first-order valence-corrected chi connectivity index (χ1v) is 8.89. The molecule has 0 aliphatic rings. The number of rotatable bonds is 4. The third-order valence-corrected chi connectivity index (χ3v) is 4.90. The Kier molecular flexibility index (Phi) is 4.36. The lowest BCUT2D eigenvalue weighted by Crippen LogP contribution is -2.01. The van der Waals surface area contributed by atoms with Gasteiger partial charge in [0.15, 0.2) is 0 Å². The molecule has 7 nitrogen and oxygen atoms in total. The number of benzene rings is 2. The van der Waals surface area contributed by atoms with Crippen LogP contribution in [0.1, 0.15) is 5.56 Å². The average molecular weight is 387 g/mol. The van der Waals surface area contributed by atoms with Crippen LogP contribution in [0.25, 0.3) is 16.7 Å². The number of tetrazole rings is 1. The maximum atomic E-state index is 11.8. The molecule has 0 saturated carbocycles. The van der Waals surface area contributed by atoms with Gasteiger partial charge in [-0.1, -0.05) is 23.4 Å². The highest BCUT2D eigenvalue weighted by molar-refractivity contribution is 7.98. The van der Waals surface area contributed by atoms with Gasteiger partial charge >= 0.3 is 5.63 Å². The van der Waals surface area contributed by atoms with Gasteiger partial charge in [-0.25, -0.2) is 4.79 Å². The number of halogens is 1. The smallest absolute Gasteiger partial charge is 0.336 e. The van der Waals surface area contributed by atoms with Gasteiger partial charge in [-0.15, -0.1) is 5.10 Å². The van der Waals surface area contributed by atoms with Crippen molar-refractivity contribution in [1.82, 2.24) is 20.2 Å². The summed E-state index contributed by atoms with van der Waals surface area (Å²) in [6, 6.07) is 13.3. The summed E-state index contributed by atoms with van der Waals surface area (Å²) in [5, 5.41) is 23.3. The normalized spacial score (nSPS) is 11.1. The van der Waals surface area contributed by atoms with Crippen LogP contribution in [0.5, 0.6) is 5.75 Å². The molecule has 0 saturated heterocycles. The van der Waals surface area contributed by atoms with Crippen LogP contribution in [0.2, 0.25) is 5.02 Å². The third kappa shape index (κ3) is 3.29. The van der Waals surface area contributed by atoms with E-state index in [1.54, 1.807) is 28.9 Å². The van der Waals surface area contributed by atoms with Crippen molar-refractivity contribution in [2.45, 2.75) is 10.9 Å². The summed E-state index contributed by atoms with van der Waals surface area (Å²) in [6.07, 6.45) is 0. The molecule has 0 aliphatic heterocycles. The fourth-order valence-electron chi connectivity index (χ4n) is 2.49. The summed E-state index contributed by atoms with van der Waals surface area (Å²) < 4.78 is 6.74. The second-order valence-electron chi connectivity index (χ2n) is 5.41. The van der Waals surface area contributed by atoms with Crippen molar-refractivity contribution in [3.05, 3.63) is 69.5 Å². The summed E-state index contributed by atoms with van der Waals surface area (Å²) >= 11 is 7.30. The van der Waals surface area contributed by atoms with E-state index in [1.807, 2.05) is 12.1 Å². The fourth-order valence-corrected chi connectivity index (χ4v) is 3.50. The first kappa shape index (κ1) is 16.6. The molecule has 0 amide bonds. The van der Waals surface area contributed by atoms with Gasteiger partial charge in [0.25, 0.3) is 0 Å². The van der Waals surface area contributed by atoms with Crippen molar-refractivity contribution in [2.24, 2.45) is 0 Å². The van der Waals surface area contributed by atoms with Gasteiger partial charge in [-0.3, -0.25) is 0 Å². The van der Waals surface area contributed by atoms with E-state index in [4.69, 9.17) is 16.0 Å². The van der Waals surface area contributed by atoms with Crippen LogP contribution in [-0.2, 0) is 5.75 Å². The van der Waals surface area contributed by atoms with Gasteiger partial charge < -0.3 is 9.52 Å². The maximum absolute atomic E-state index is 11.8. The molecule has 4 rings (SSSR count). The Balaban J connectivity index is 1.65. The first-order valence-electron chi connectivity index (χ1n) is 7.53. The number of phenolic OH excluding ortho intramolecular Hbond substituents is 1. The average Bonchev–Trinajstić information content (AvgIpc) is 3.08. The maximum Gasteiger partial charge on any atom is 0.336 e. The highest BCUT2D eigenvalue weighted by atomic mass is 35.5. The van der Waals surface area contributed by atoms with E-state index >= 15 is 0 Å². The van der Waals surface area contributed by atoms with Crippen molar-refractivity contribution in [3.8, 4) is 11.4 Å². The minimum Gasteiger partial charge on any atom is -0.508 e. The number of nitrogens with zero attached hydrogens (tertiary/aromatic N) is 4. The van der Waals surface area contributed by atoms with E-state index in [-0.39, 0.29) is 5.75 Å². The molecule has 2 aromatic heterocycles. The monoisotopic (exact) mass is 386 g/mol. The largest absolute Gasteiger partial charge is 0.508 e. The van der Waals surface area contributed by atoms with Crippen molar-refractivity contribution in [1.29, 1.82) is 0 Å². The molecule has 2 aromatic carbocycles. The Bertz CT molecular complexity index is 1140. The topological polar surface area (TPSA) is 94.0 Å². The van der Waals surface area contributed by atoms with E-state index in [0.717, 1.165) is 16.6 Å². The molecule has 0 bridgehead atoms. The van der Waals surface area contributed by atoms with Crippen LogP contribution in [0.15, 0.2) is 62.9 Å². The minimum absolute atomic E-state index is 0.0390. The molecule has 2 heterocycles. The Labute approximate surface area is 156 Å². The Hall–Kier alpha value is -2.84. The van der Waals surface area contributed by atoms with E-state index in [2.05, 4.69) is 15.5 Å². The van der Waals surface area contributed by atoms with Gasteiger partial charge in [0.05, 0.1) is 5.69 Å². The van der Waals surface area contributed by atoms with Gasteiger partial charge in [0, 0.05) is 28.3 Å². The van der Waals surface area contributed by atoms with Crippen LogP contribution < -0.4 is 5.63 Å². The number of aromatic nitrogens is 4. The molecule has 4 aromatic rings. The van der Waals surface area contributed by atoms with Crippen LogP contribution in [0.3, 0.4) is 0 Å². The highest BCUT2D eigenvalue weighted by Gasteiger charge is 2.12. The van der Waals surface area contributed by atoms with E-state index in [9.17, 15) is 9.90 Å². The van der Waals surface area contributed by atoms with Crippen LogP contribution in [0, 0.1) is 0 Å². The molecule has 0 aliphatic carbocycles. The molecular weight excluding hydrogens is 376 g/mol. The summed E-state index contributed by atoms with van der Waals surface area (Å²) in [5.41, 5.74) is 1.41. The fraction of sp³-hybridized carbons (Fsp3) is 0.0588. The molecule has 0 radical (unpaired) electrons. The zero-order valence-corrected chi connectivity index (χ0v) is 14.7. The number of hydrogen-bond donors (Lipinski definition) is 1. The number of fused-ring (bicyclic) bond motifs is 1. The summed E-state index contributed by atoms with van der Waals surface area (Å²) in [6.45, 7) is 0. The third-order valence-electron chi connectivity index (χ3n) is 3.68. The quantitative estimate of drug-likeness (QED) is 0.424. The molecule has 9 heteroatoms. The van der Waals surface area contributed by atoms with Crippen molar-refractivity contribution >= 4 is 34.3 Å². The standard InChI is InChI=1S/C17H11ClN4O3S/c18-11-1-3-12(4-2-11)22-17(19-20-21-22)26-9-10-7-16(24)25-15-8-13(23)5-6-14(10)15/h1-8,23H,9H2. The molecule has 0 fully saturated rings. The number of hydrogen-bond acceptors (Lipinski definition) is 7. The van der Waals surface area contributed by atoms with E-state index in [0.29, 0.717) is 21.5 Å². The molecule has 26 heavy (non-hydrogen) atoms. The number of phenols is 1.